The van der Waals surface area contributed by atoms with Crippen molar-refractivity contribution in [2.45, 2.75) is 13.0 Å². The van der Waals surface area contributed by atoms with Crippen LogP contribution in [0, 0.1) is 0 Å². The first-order valence-corrected chi connectivity index (χ1v) is 6.39. The van der Waals surface area contributed by atoms with Crippen LogP contribution in [0.15, 0.2) is 18.2 Å². The van der Waals surface area contributed by atoms with Crippen LogP contribution in [0.4, 0.5) is 0 Å². The van der Waals surface area contributed by atoms with Crippen molar-refractivity contribution in [3.8, 4) is 5.75 Å². The first kappa shape index (κ1) is 13.2. The van der Waals surface area contributed by atoms with Crippen LogP contribution in [0.25, 0.3) is 0 Å². The zero-order valence-corrected chi connectivity index (χ0v) is 11.2. The molecule has 0 bridgehead atoms. The van der Waals surface area contributed by atoms with Gasteiger partial charge < -0.3 is 15.0 Å². The van der Waals surface area contributed by atoms with E-state index in [-0.39, 0.29) is 5.91 Å². The van der Waals surface area contributed by atoms with Crippen molar-refractivity contribution in [1.29, 1.82) is 0 Å². The van der Waals surface area contributed by atoms with Gasteiger partial charge in [0.25, 0.3) is 0 Å². The minimum atomic E-state index is 0.187. The van der Waals surface area contributed by atoms with Crippen LogP contribution in [0.1, 0.15) is 12.0 Å². The van der Waals surface area contributed by atoms with Crippen LogP contribution in [0.5, 0.6) is 5.75 Å². The van der Waals surface area contributed by atoms with E-state index in [9.17, 15) is 4.79 Å². The molecule has 5 heteroatoms. The number of carbonyl (C=O) groups is 1. The summed E-state index contributed by atoms with van der Waals surface area (Å²) >= 11 is 6.08. The Hall–Kier alpha value is -1.26. The summed E-state index contributed by atoms with van der Waals surface area (Å²) in [5, 5.41) is 3.79. The molecule has 0 radical (unpaired) electrons. The Morgan fingerprint density at radius 2 is 2.28 bits per heavy atom. The van der Waals surface area contributed by atoms with E-state index < -0.39 is 0 Å². The van der Waals surface area contributed by atoms with Gasteiger partial charge in [0, 0.05) is 32.6 Å². The van der Waals surface area contributed by atoms with Crippen LogP contribution in [0.3, 0.4) is 0 Å². The number of rotatable bonds is 3. The highest BCUT2D eigenvalue weighted by Gasteiger charge is 2.16. The Balaban J connectivity index is 2.08. The molecule has 4 nitrogen and oxygen atoms in total. The van der Waals surface area contributed by atoms with Crippen LogP contribution in [-0.4, -0.2) is 37.6 Å². The predicted octanol–water partition coefficient (Wildman–Crippen LogP) is 1.67. The smallest absolute Gasteiger partial charge is 0.224 e. The molecule has 1 aliphatic heterocycles. The summed E-state index contributed by atoms with van der Waals surface area (Å²) in [6.45, 7) is 2.95. The predicted molar refractivity (Wildman–Crippen MR) is 70.9 cm³/mol. The minimum Gasteiger partial charge on any atom is -0.495 e. The Morgan fingerprint density at radius 1 is 1.44 bits per heavy atom. The van der Waals surface area contributed by atoms with E-state index in [1.807, 2.05) is 23.1 Å². The number of nitrogens with zero attached hydrogens (tertiary/aromatic N) is 1. The molecule has 1 amide bonds. The molecule has 0 aliphatic carbocycles. The molecule has 1 heterocycles. The number of nitrogens with one attached hydrogen (secondary N) is 1. The fourth-order valence-corrected chi connectivity index (χ4v) is 2.29. The minimum absolute atomic E-state index is 0.187. The third kappa shape index (κ3) is 3.15. The molecule has 1 fully saturated rings. The lowest BCUT2D eigenvalue weighted by atomic mass is 10.2. The monoisotopic (exact) mass is 268 g/mol. The lowest BCUT2D eigenvalue weighted by Crippen LogP contribution is -2.31. The molecule has 0 unspecified atom stereocenters. The zero-order chi connectivity index (χ0) is 13.0. The third-order valence-corrected chi connectivity index (χ3v) is 3.31. The first-order valence-electron chi connectivity index (χ1n) is 6.01. The fraction of sp³-hybridized carbons (Fsp3) is 0.462. The highest BCUT2D eigenvalue weighted by Crippen LogP contribution is 2.25. The number of hydrogen-bond acceptors (Lipinski definition) is 3. The average molecular weight is 269 g/mol. The van der Waals surface area contributed by atoms with Crippen LogP contribution >= 0.6 is 11.6 Å². The van der Waals surface area contributed by atoms with Gasteiger partial charge in [0.15, 0.2) is 0 Å². The molecule has 0 saturated carbocycles. The summed E-state index contributed by atoms with van der Waals surface area (Å²) in [6, 6.07) is 5.63. The van der Waals surface area contributed by atoms with Crippen molar-refractivity contribution < 1.29 is 9.53 Å². The van der Waals surface area contributed by atoms with E-state index in [0.29, 0.717) is 23.7 Å². The second kappa shape index (κ2) is 6.07. The number of amides is 1. The van der Waals surface area contributed by atoms with E-state index >= 15 is 0 Å². The zero-order valence-electron chi connectivity index (χ0n) is 10.4. The molecule has 1 aromatic carbocycles. The van der Waals surface area contributed by atoms with Gasteiger partial charge in [-0.3, -0.25) is 4.79 Å². The van der Waals surface area contributed by atoms with Gasteiger partial charge in [-0.2, -0.15) is 0 Å². The molecule has 2 rings (SSSR count). The van der Waals surface area contributed by atoms with Gasteiger partial charge in [0.1, 0.15) is 5.75 Å². The Labute approximate surface area is 112 Å². The number of carbonyl (C=O) groups excluding carboxylic acids is 1. The second-order valence-corrected chi connectivity index (χ2v) is 4.69. The van der Waals surface area contributed by atoms with Gasteiger partial charge >= 0.3 is 0 Å². The van der Waals surface area contributed by atoms with Crippen molar-refractivity contribution >= 4 is 17.5 Å². The maximum Gasteiger partial charge on any atom is 0.224 e. The standard InChI is InChI=1S/C13H17ClN2O2/c1-18-12-3-2-10(8-11(12)14)9-16-7-6-15-5-4-13(16)17/h2-3,8,15H,4-7,9H2,1H3. The molecular weight excluding hydrogens is 252 g/mol. The summed E-state index contributed by atoms with van der Waals surface area (Å²) in [5.74, 6) is 0.844. The van der Waals surface area contributed by atoms with Crippen molar-refractivity contribution in [3.05, 3.63) is 28.8 Å². The molecule has 1 aromatic rings. The van der Waals surface area contributed by atoms with Crippen LogP contribution < -0.4 is 10.1 Å². The molecule has 0 spiro atoms. The Morgan fingerprint density at radius 3 is 3.00 bits per heavy atom. The largest absolute Gasteiger partial charge is 0.495 e. The molecular formula is C13H17ClN2O2. The normalized spacial score (nSPS) is 16.6. The van der Waals surface area contributed by atoms with Crippen molar-refractivity contribution in [2.75, 3.05) is 26.7 Å². The number of hydrogen-bond donors (Lipinski definition) is 1. The van der Waals surface area contributed by atoms with Crippen molar-refractivity contribution in [3.63, 3.8) is 0 Å². The number of benzene rings is 1. The summed E-state index contributed by atoms with van der Waals surface area (Å²) in [7, 11) is 1.59. The molecule has 1 aliphatic rings. The van der Waals surface area contributed by atoms with E-state index in [1.165, 1.54) is 0 Å². The second-order valence-electron chi connectivity index (χ2n) is 4.28. The SMILES string of the molecule is COc1ccc(CN2CCNCCC2=O)cc1Cl. The van der Waals surface area contributed by atoms with E-state index in [2.05, 4.69) is 5.32 Å². The van der Waals surface area contributed by atoms with E-state index in [4.69, 9.17) is 16.3 Å². The summed E-state index contributed by atoms with van der Waals surface area (Å²) in [4.78, 5) is 13.7. The van der Waals surface area contributed by atoms with Crippen LogP contribution in [-0.2, 0) is 11.3 Å². The highest BCUT2D eigenvalue weighted by molar-refractivity contribution is 6.32. The van der Waals surface area contributed by atoms with Gasteiger partial charge in [-0.05, 0) is 17.7 Å². The molecule has 98 valence electrons. The number of halogens is 1. The quantitative estimate of drug-likeness (QED) is 0.907. The Kier molecular flexibility index (Phi) is 4.44. The number of ether oxygens (including phenoxy) is 1. The topological polar surface area (TPSA) is 41.6 Å². The maximum atomic E-state index is 11.9. The lowest BCUT2D eigenvalue weighted by Gasteiger charge is -2.20. The molecule has 1 saturated heterocycles. The molecule has 0 atom stereocenters. The maximum absolute atomic E-state index is 11.9. The van der Waals surface area contributed by atoms with Gasteiger partial charge in [0.2, 0.25) is 5.91 Å². The van der Waals surface area contributed by atoms with Gasteiger partial charge in [0.05, 0.1) is 12.1 Å². The van der Waals surface area contributed by atoms with E-state index in [1.54, 1.807) is 7.11 Å². The number of methoxy groups -OCH3 is 1. The van der Waals surface area contributed by atoms with Crippen LogP contribution in [0.2, 0.25) is 5.02 Å². The molecule has 18 heavy (non-hydrogen) atoms. The molecule has 1 N–H and O–H groups in total. The van der Waals surface area contributed by atoms with Gasteiger partial charge in [-0.15, -0.1) is 0 Å². The average Bonchev–Trinajstić information content (AvgIpc) is 2.55. The summed E-state index contributed by atoms with van der Waals surface area (Å²) in [6.07, 6.45) is 0.559. The van der Waals surface area contributed by atoms with Crippen molar-refractivity contribution in [1.82, 2.24) is 10.2 Å². The summed E-state index contributed by atoms with van der Waals surface area (Å²) < 4.78 is 5.11. The lowest BCUT2D eigenvalue weighted by molar-refractivity contribution is -0.130. The highest BCUT2D eigenvalue weighted by atomic mass is 35.5. The Bertz CT molecular complexity index is 437. The van der Waals surface area contributed by atoms with Gasteiger partial charge in [-0.1, -0.05) is 17.7 Å². The third-order valence-electron chi connectivity index (χ3n) is 3.02. The first-order chi connectivity index (χ1) is 8.70. The summed E-state index contributed by atoms with van der Waals surface area (Å²) in [5.41, 5.74) is 1.02. The van der Waals surface area contributed by atoms with Crippen molar-refractivity contribution in [2.24, 2.45) is 0 Å². The fourth-order valence-electron chi connectivity index (χ4n) is 2.01. The van der Waals surface area contributed by atoms with E-state index in [0.717, 1.165) is 25.2 Å². The van der Waals surface area contributed by atoms with Gasteiger partial charge in [-0.25, -0.2) is 0 Å². The molecule has 0 aromatic heterocycles.